The Labute approximate surface area is 101 Å². The zero-order valence-corrected chi connectivity index (χ0v) is 10.9. The average Bonchev–Trinajstić information content (AvgIpc) is 2.80. The van der Waals surface area contributed by atoms with Crippen LogP contribution in [0.4, 0.5) is 0 Å². The van der Waals surface area contributed by atoms with Gasteiger partial charge in [0.05, 0.1) is 6.04 Å². The Morgan fingerprint density at radius 3 is 2.75 bits per heavy atom. The molecule has 4 nitrogen and oxygen atoms in total. The molecule has 0 aliphatic rings. The van der Waals surface area contributed by atoms with Gasteiger partial charge in [-0.15, -0.1) is 11.3 Å². The van der Waals surface area contributed by atoms with Crippen molar-refractivity contribution < 1.29 is 4.79 Å². The molecule has 1 amide bonds. The molecular weight excluding hydrogens is 222 g/mol. The summed E-state index contributed by atoms with van der Waals surface area (Å²) in [4.78, 5) is 17.9. The molecule has 1 unspecified atom stereocenters. The van der Waals surface area contributed by atoms with E-state index in [9.17, 15) is 4.79 Å². The molecule has 1 N–H and O–H groups in total. The molecular formula is C11H19N3OS. The van der Waals surface area contributed by atoms with Gasteiger partial charge in [-0.3, -0.25) is 10.1 Å². The number of carbonyl (C=O) groups excluding carboxylic acids is 1. The third-order valence-electron chi connectivity index (χ3n) is 2.49. The molecule has 1 aromatic heterocycles. The molecule has 16 heavy (non-hydrogen) atoms. The molecule has 0 spiro atoms. The SMILES string of the molecule is CCN(CC)C(=O)C(C)NCc1nccs1. The predicted molar refractivity (Wildman–Crippen MR) is 66.3 cm³/mol. The summed E-state index contributed by atoms with van der Waals surface area (Å²) in [5.74, 6) is 0.154. The smallest absolute Gasteiger partial charge is 0.239 e. The highest BCUT2D eigenvalue weighted by Gasteiger charge is 2.17. The predicted octanol–water partition coefficient (Wildman–Crippen LogP) is 1.49. The number of hydrogen-bond donors (Lipinski definition) is 1. The lowest BCUT2D eigenvalue weighted by Crippen LogP contribution is -2.44. The highest BCUT2D eigenvalue weighted by atomic mass is 32.1. The summed E-state index contributed by atoms with van der Waals surface area (Å²) < 4.78 is 0. The molecule has 1 rings (SSSR count). The number of likely N-dealkylation sites (N-methyl/N-ethyl adjacent to an activating group) is 1. The van der Waals surface area contributed by atoms with Crippen molar-refractivity contribution in [1.29, 1.82) is 0 Å². The lowest BCUT2D eigenvalue weighted by atomic mass is 10.3. The minimum Gasteiger partial charge on any atom is -0.342 e. The van der Waals surface area contributed by atoms with Crippen LogP contribution in [0.3, 0.4) is 0 Å². The first kappa shape index (κ1) is 13.1. The van der Waals surface area contributed by atoms with Crippen LogP contribution >= 0.6 is 11.3 Å². The van der Waals surface area contributed by atoms with E-state index >= 15 is 0 Å². The Hall–Kier alpha value is -0.940. The molecule has 0 aliphatic carbocycles. The Kier molecular flexibility index (Phi) is 5.42. The first-order valence-corrected chi connectivity index (χ1v) is 6.47. The van der Waals surface area contributed by atoms with Crippen LogP contribution < -0.4 is 5.32 Å². The molecule has 0 fully saturated rings. The second-order valence-corrected chi connectivity index (χ2v) is 4.52. The molecule has 0 saturated heterocycles. The van der Waals surface area contributed by atoms with Gasteiger partial charge in [0.2, 0.25) is 5.91 Å². The number of nitrogens with zero attached hydrogens (tertiary/aromatic N) is 2. The van der Waals surface area contributed by atoms with Crippen molar-refractivity contribution >= 4 is 17.2 Å². The second kappa shape index (κ2) is 6.60. The monoisotopic (exact) mass is 241 g/mol. The molecule has 0 saturated carbocycles. The first-order valence-electron chi connectivity index (χ1n) is 5.59. The van der Waals surface area contributed by atoms with Gasteiger partial charge in [-0.25, -0.2) is 4.98 Å². The van der Waals surface area contributed by atoms with Gasteiger partial charge in [-0.2, -0.15) is 0 Å². The zero-order valence-electron chi connectivity index (χ0n) is 10.1. The maximum Gasteiger partial charge on any atom is 0.239 e. The summed E-state index contributed by atoms with van der Waals surface area (Å²) in [5.41, 5.74) is 0. The third kappa shape index (κ3) is 3.57. The van der Waals surface area contributed by atoms with E-state index in [0.717, 1.165) is 18.1 Å². The Morgan fingerprint density at radius 2 is 2.25 bits per heavy atom. The highest BCUT2D eigenvalue weighted by Crippen LogP contribution is 2.04. The first-order chi connectivity index (χ1) is 7.69. The summed E-state index contributed by atoms with van der Waals surface area (Å²) >= 11 is 1.60. The largest absolute Gasteiger partial charge is 0.342 e. The molecule has 0 aromatic carbocycles. The summed E-state index contributed by atoms with van der Waals surface area (Å²) in [6.45, 7) is 8.07. The average molecular weight is 241 g/mol. The Bertz CT molecular complexity index is 309. The van der Waals surface area contributed by atoms with Gasteiger partial charge < -0.3 is 4.90 Å². The van der Waals surface area contributed by atoms with E-state index < -0.39 is 0 Å². The number of aromatic nitrogens is 1. The van der Waals surface area contributed by atoms with Gasteiger partial charge in [-0.05, 0) is 20.8 Å². The van der Waals surface area contributed by atoms with Crippen molar-refractivity contribution in [2.45, 2.75) is 33.4 Å². The molecule has 0 radical (unpaired) electrons. The van der Waals surface area contributed by atoms with E-state index in [-0.39, 0.29) is 11.9 Å². The summed E-state index contributed by atoms with van der Waals surface area (Å²) in [5, 5.41) is 6.14. The lowest BCUT2D eigenvalue weighted by molar-refractivity contribution is -0.132. The van der Waals surface area contributed by atoms with Crippen molar-refractivity contribution in [3.63, 3.8) is 0 Å². The van der Waals surface area contributed by atoms with Crippen LogP contribution in [0, 0.1) is 0 Å². The van der Waals surface area contributed by atoms with E-state index in [2.05, 4.69) is 10.3 Å². The maximum absolute atomic E-state index is 11.9. The van der Waals surface area contributed by atoms with Crippen LogP contribution in [0.1, 0.15) is 25.8 Å². The van der Waals surface area contributed by atoms with E-state index in [1.807, 2.05) is 31.1 Å². The number of thiazole rings is 1. The van der Waals surface area contributed by atoms with E-state index in [1.165, 1.54) is 0 Å². The van der Waals surface area contributed by atoms with Crippen LogP contribution in [0.5, 0.6) is 0 Å². The lowest BCUT2D eigenvalue weighted by Gasteiger charge is -2.23. The van der Waals surface area contributed by atoms with Gasteiger partial charge >= 0.3 is 0 Å². The van der Waals surface area contributed by atoms with Crippen molar-refractivity contribution in [1.82, 2.24) is 15.2 Å². The third-order valence-corrected chi connectivity index (χ3v) is 3.27. The van der Waals surface area contributed by atoms with Gasteiger partial charge in [0.1, 0.15) is 5.01 Å². The quantitative estimate of drug-likeness (QED) is 0.820. The van der Waals surface area contributed by atoms with Crippen LogP contribution in [-0.2, 0) is 11.3 Å². The Balaban J connectivity index is 2.39. The summed E-state index contributed by atoms with van der Waals surface area (Å²) in [7, 11) is 0. The van der Waals surface area contributed by atoms with Crippen LogP contribution in [0.2, 0.25) is 0 Å². The molecule has 1 heterocycles. The molecule has 1 atom stereocenters. The highest BCUT2D eigenvalue weighted by molar-refractivity contribution is 7.09. The van der Waals surface area contributed by atoms with Gasteiger partial charge in [0.25, 0.3) is 0 Å². The minimum atomic E-state index is -0.149. The Morgan fingerprint density at radius 1 is 1.56 bits per heavy atom. The van der Waals surface area contributed by atoms with Crippen LogP contribution in [0.15, 0.2) is 11.6 Å². The molecule has 0 aliphatic heterocycles. The van der Waals surface area contributed by atoms with E-state index in [1.54, 1.807) is 17.5 Å². The van der Waals surface area contributed by atoms with Crippen molar-refractivity contribution in [2.24, 2.45) is 0 Å². The second-order valence-electron chi connectivity index (χ2n) is 3.54. The van der Waals surface area contributed by atoms with Crippen molar-refractivity contribution in [2.75, 3.05) is 13.1 Å². The fraction of sp³-hybridized carbons (Fsp3) is 0.636. The summed E-state index contributed by atoms with van der Waals surface area (Å²) in [6, 6.07) is -0.149. The molecule has 90 valence electrons. The zero-order chi connectivity index (χ0) is 12.0. The van der Waals surface area contributed by atoms with Crippen molar-refractivity contribution in [3.8, 4) is 0 Å². The maximum atomic E-state index is 11.9. The van der Waals surface area contributed by atoms with Crippen molar-refractivity contribution in [3.05, 3.63) is 16.6 Å². The van der Waals surface area contributed by atoms with E-state index in [4.69, 9.17) is 0 Å². The number of hydrogen-bond acceptors (Lipinski definition) is 4. The van der Waals surface area contributed by atoms with Gasteiger partial charge in [0.15, 0.2) is 0 Å². The molecule has 5 heteroatoms. The normalized spacial score (nSPS) is 12.4. The number of rotatable bonds is 6. The fourth-order valence-electron chi connectivity index (χ4n) is 1.48. The number of nitrogens with one attached hydrogen (secondary N) is 1. The van der Waals surface area contributed by atoms with Crippen LogP contribution in [-0.4, -0.2) is 34.9 Å². The van der Waals surface area contributed by atoms with Gasteiger partial charge in [0, 0.05) is 31.2 Å². The minimum absolute atomic E-state index is 0.149. The standard InChI is InChI=1S/C11H19N3OS/c1-4-14(5-2)11(15)9(3)13-8-10-12-6-7-16-10/h6-7,9,13H,4-5,8H2,1-3H3. The number of carbonyl (C=O) groups is 1. The summed E-state index contributed by atoms with van der Waals surface area (Å²) in [6.07, 6.45) is 1.78. The molecule has 0 bridgehead atoms. The topological polar surface area (TPSA) is 45.2 Å². The van der Waals surface area contributed by atoms with E-state index in [0.29, 0.717) is 6.54 Å². The molecule has 1 aromatic rings. The number of amides is 1. The van der Waals surface area contributed by atoms with Gasteiger partial charge in [-0.1, -0.05) is 0 Å². The van der Waals surface area contributed by atoms with Crippen LogP contribution in [0.25, 0.3) is 0 Å². The fourth-order valence-corrected chi connectivity index (χ4v) is 2.04.